The van der Waals surface area contributed by atoms with E-state index in [1.807, 2.05) is 43.3 Å². The number of nitrogens with zero attached hydrogens (tertiary/aromatic N) is 1. The van der Waals surface area contributed by atoms with Gasteiger partial charge >= 0.3 is 6.18 Å². The Morgan fingerprint density at radius 3 is 2.52 bits per heavy atom. The molecule has 0 aliphatic heterocycles. The minimum absolute atomic E-state index is 0.00710. The summed E-state index contributed by atoms with van der Waals surface area (Å²) >= 11 is 0. The Kier molecular flexibility index (Phi) is 7.66. The first-order chi connectivity index (χ1) is 15.8. The number of carbonyl (C=O) groups is 2. The number of hydrogen-bond acceptors (Lipinski definition) is 4. The fourth-order valence-corrected chi connectivity index (χ4v) is 3.14. The van der Waals surface area contributed by atoms with Crippen LogP contribution in [0.25, 0.3) is 10.8 Å². The van der Waals surface area contributed by atoms with Gasteiger partial charge in [-0.1, -0.05) is 36.4 Å². The van der Waals surface area contributed by atoms with Crippen molar-refractivity contribution in [1.29, 1.82) is 0 Å². The Morgan fingerprint density at radius 1 is 1.00 bits per heavy atom. The smallest absolute Gasteiger partial charge is 0.416 e. The highest BCUT2D eigenvalue weighted by Crippen LogP contribution is 2.30. The van der Waals surface area contributed by atoms with Crippen LogP contribution in [-0.4, -0.2) is 24.6 Å². The van der Waals surface area contributed by atoms with Crippen molar-refractivity contribution in [3.8, 4) is 5.75 Å². The lowest BCUT2D eigenvalue weighted by atomic mass is 10.0. The zero-order chi connectivity index (χ0) is 23.8. The number of anilines is 1. The maximum absolute atomic E-state index is 12.8. The van der Waals surface area contributed by atoms with E-state index in [4.69, 9.17) is 4.74 Å². The average Bonchev–Trinajstić information content (AvgIpc) is 2.78. The molecule has 0 unspecified atom stereocenters. The second kappa shape index (κ2) is 10.6. The lowest BCUT2D eigenvalue weighted by Crippen LogP contribution is -2.21. The Labute approximate surface area is 188 Å². The van der Waals surface area contributed by atoms with Crippen molar-refractivity contribution in [3.05, 3.63) is 71.8 Å². The van der Waals surface area contributed by atoms with Crippen molar-refractivity contribution >= 4 is 34.5 Å². The first-order valence-electron chi connectivity index (χ1n) is 10.2. The largest absolute Gasteiger partial charge is 0.493 e. The van der Waals surface area contributed by atoms with Gasteiger partial charge in [0.15, 0.2) is 0 Å². The fourth-order valence-electron chi connectivity index (χ4n) is 3.14. The van der Waals surface area contributed by atoms with Gasteiger partial charge in [0.2, 0.25) is 11.8 Å². The number of benzene rings is 3. The average molecular weight is 457 g/mol. The van der Waals surface area contributed by atoms with Crippen LogP contribution in [0.1, 0.15) is 30.9 Å². The predicted octanol–water partition coefficient (Wildman–Crippen LogP) is 5.13. The molecule has 0 fully saturated rings. The molecule has 0 radical (unpaired) electrons. The molecule has 0 saturated heterocycles. The van der Waals surface area contributed by atoms with Crippen LogP contribution in [0.3, 0.4) is 0 Å². The fraction of sp³-hybridized carbons (Fsp3) is 0.208. The van der Waals surface area contributed by atoms with Gasteiger partial charge in [0.05, 0.1) is 18.4 Å². The Hall–Kier alpha value is -3.88. The molecule has 0 aliphatic rings. The standard InChI is InChI=1S/C24H22F3N3O3/c1-2-33-21-11-10-16-6-3-4-9-19(16)20(21)15-28-30-23(32)13-12-22(31)29-18-8-5-7-17(14-18)24(25,26)27/h3-11,14-15H,2,12-13H2,1H3,(H,29,31)(H,30,32). The van der Waals surface area contributed by atoms with Crippen LogP contribution >= 0.6 is 0 Å². The molecule has 2 N–H and O–H groups in total. The van der Waals surface area contributed by atoms with Crippen molar-refractivity contribution < 1.29 is 27.5 Å². The zero-order valence-corrected chi connectivity index (χ0v) is 17.8. The Morgan fingerprint density at radius 2 is 1.76 bits per heavy atom. The van der Waals surface area contributed by atoms with Crippen molar-refractivity contribution in [3.63, 3.8) is 0 Å². The highest BCUT2D eigenvalue weighted by Gasteiger charge is 2.30. The van der Waals surface area contributed by atoms with E-state index >= 15 is 0 Å². The van der Waals surface area contributed by atoms with Crippen molar-refractivity contribution in [2.45, 2.75) is 25.9 Å². The quantitative estimate of drug-likeness (QED) is 0.364. The van der Waals surface area contributed by atoms with Gasteiger partial charge < -0.3 is 10.1 Å². The molecular formula is C24H22F3N3O3. The minimum atomic E-state index is -4.51. The van der Waals surface area contributed by atoms with Crippen LogP contribution in [0.4, 0.5) is 18.9 Å². The van der Waals surface area contributed by atoms with Crippen molar-refractivity contribution in [2.75, 3.05) is 11.9 Å². The van der Waals surface area contributed by atoms with E-state index in [0.717, 1.165) is 22.9 Å². The van der Waals surface area contributed by atoms with Crippen LogP contribution in [-0.2, 0) is 15.8 Å². The Bertz CT molecular complexity index is 1180. The molecule has 6 nitrogen and oxygen atoms in total. The molecule has 3 aromatic rings. The van der Waals surface area contributed by atoms with E-state index < -0.39 is 23.6 Å². The summed E-state index contributed by atoms with van der Waals surface area (Å²) in [5, 5.41) is 8.22. The summed E-state index contributed by atoms with van der Waals surface area (Å²) in [5.41, 5.74) is 2.20. The van der Waals surface area contributed by atoms with Gasteiger partial charge in [0, 0.05) is 24.1 Å². The van der Waals surface area contributed by atoms with Gasteiger partial charge in [0.1, 0.15) is 5.75 Å². The molecule has 3 aromatic carbocycles. The number of nitrogens with one attached hydrogen (secondary N) is 2. The molecule has 0 bridgehead atoms. The highest BCUT2D eigenvalue weighted by molar-refractivity contribution is 6.02. The van der Waals surface area contributed by atoms with E-state index in [1.54, 1.807) is 0 Å². The molecule has 172 valence electrons. The molecular weight excluding hydrogens is 435 g/mol. The molecule has 2 amide bonds. The molecule has 0 saturated carbocycles. The van der Waals surface area contributed by atoms with Gasteiger partial charge in [-0.25, -0.2) is 5.43 Å². The topological polar surface area (TPSA) is 79.8 Å². The van der Waals surface area contributed by atoms with Gasteiger partial charge in [-0.15, -0.1) is 0 Å². The first kappa shape index (κ1) is 23.8. The number of hydrogen-bond donors (Lipinski definition) is 2. The van der Waals surface area contributed by atoms with Crippen molar-refractivity contribution in [2.24, 2.45) is 5.10 Å². The summed E-state index contributed by atoms with van der Waals surface area (Å²) in [7, 11) is 0. The summed E-state index contributed by atoms with van der Waals surface area (Å²) in [5.74, 6) is -0.473. The van der Waals surface area contributed by atoms with Gasteiger partial charge in [0.25, 0.3) is 0 Å². The first-order valence-corrected chi connectivity index (χ1v) is 10.2. The molecule has 0 aromatic heterocycles. The molecule has 3 rings (SSSR count). The molecule has 9 heteroatoms. The minimum Gasteiger partial charge on any atom is -0.493 e. The van der Waals surface area contributed by atoms with E-state index in [2.05, 4.69) is 15.8 Å². The molecule has 33 heavy (non-hydrogen) atoms. The maximum Gasteiger partial charge on any atom is 0.416 e. The summed E-state index contributed by atoms with van der Waals surface area (Å²) in [6.07, 6.45) is -3.43. The third-order valence-corrected chi connectivity index (χ3v) is 4.67. The highest BCUT2D eigenvalue weighted by atomic mass is 19.4. The molecule has 0 aliphatic carbocycles. The lowest BCUT2D eigenvalue weighted by Gasteiger charge is -2.10. The van der Waals surface area contributed by atoms with E-state index in [0.29, 0.717) is 17.9 Å². The molecule has 0 atom stereocenters. The summed E-state index contributed by atoms with van der Waals surface area (Å²) < 4.78 is 43.9. The zero-order valence-electron chi connectivity index (χ0n) is 17.8. The normalized spacial score (nSPS) is 11.5. The van der Waals surface area contributed by atoms with Crippen LogP contribution in [0.2, 0.25) is 0 Å². The summed E-state index contributed by atoms with van der Waals surface area (Å²) in [4.78, 5) is 24.1. The number of ether oxygens (including phenoxy) is 1. The van der Waals surface area contributed by atoms with E-state index in [-0.39, 0.29) is 18.5 Å². The van der Waals surface area contributed by atoms with Crippen LogP contribution in [0.5, 0.6) is 5.75 Å². The van der Waals surface area contributed by atoms with Crippen LogP contribution < -0.4 is 15.5 Å². The molecule has 0 heterocycles. The van der Waals surface area contributed by atoms with Gasteiger partial charge in [-0.3, -0.25) is 9.59 Å². The predicted molar refractivity (Wildman–Crippen MR) is 120 cm³/mol. The monoisotopic (exact) mass is 457 g/mol. The number of fused-ring (bicyclic) bond motifs is 1. The SMILES string of the molecule is CCOc1ccc2ccccc2c1C=NNC(=O)CCC(=O)Nc1cccc(C(F)(F)F)c1. The van der Waals surface area contributed by atoms with Gasteiger partial charge in [-0.2, -0.15) is 18.3 Å². The van der Waals surface area contributed by atoms with E-state index in [1.165, 1.54) is 18.3 Å². The summed E-state index contributed by atoms with van der Waals surface area (Å²) in [6.45, 7) is 2.33. The second-order valence-electron chi connectivity index (χ2n) is 7.05. The lowest BCUT2D eigenvalue weighted by molar-refractivity contribution is -0.137. The second-order valence-corrected chi connectivity index (χ2v) is 7.05. The number of rotatable bonds is 8. The van der Waals surface area contributed by atoms with E-state index in [9.17, 15) is 22.8 Å². The van der Waals surface area contributed by atoms with Crippen LogP contribution in [0, 0.1) is 0 Å². The number of halogens is 3. The van der Waals surface area contributed by atoms with Crippen molar-refractivity contribution in [1.82, 2.24) is 5.43 Å². The number of carbonyl (C=O) groups excluding carboxylic acids is 2. The third-order valence-electron chi connectivity index (χ3n) is 4.67. The summed E-state index contributed by atoms with van der Waals surface area (Å²) in [6, 6.07) is 15.7. The third kappa shape index (κ3) is 6.55. The molecule has 0 spiro atoms. The Balaban J connectivity index is 1.57. The number of hydrazone groups is 1. The van der Waals surface area contributed by atoms with Gasteiger partial charge in [-0.05, 0) is 42.0 Å². The maximum atomic E-state index is 12.8. The number of alkyl halides is 3. The van der Waals surface area contributed by atoms with Crippen LogP contribution in [0.15, 0.2) is 65.8 Å². The number of amides is 2.